The van der Waals surface area contributed by atoms with Crippen LogP contribution in [-0.2, 0) is 4.79 Å². The van der Waals surface area contributed by atoms with E-state index < -0.39 is 0 Å². The van der Waals surface area contributed by atoms with E-state index in [4.69, 9.17) is 0 Å². The summed E-state index contributed by atoms with van der Waals surface area (Å²) in [5, 5.41) is 3.45. The molecule has 15 heavy (non-hydrogen) atoms. The van der Waals surface area contributed by atoms with Crippen LogP contribution >= 0.6 is 0 Å². The first-order chi connectivity index (χ1) is 6.99. The Morgan fingerprint density at radius 1 is 1.40 bits per heavy atom. The van der Waals surface area contributed by atoms with Crippen molar-refractivity contribution < 1.29 is 4.79 Å². The van der Waals surface area contributed by atoms with Gasteiger partial charge in [0, 0.05) is 6.04 Å². The molecule has 1 aliphatic carbocycles. The van der Waals surface area contributed by atoms with E-state index in [9.17, 15) is 4.79 Å². The lowest BCUT2D eigenvalue weighted by molar-refractivity contribution is -0.116. The third-order valence-corrected chi connectivity index (χ3v) is 3.51. The van der Waals surface area contributed by atoms with Gasteiger partial charge in [0.25, 0.3) is 0 Å². The summed E-state index contributed by atoms with van der Waals surface area (Å²) in [4.78, 5) is 11.3. The molecular formula is C13H23NO. The first-order valence-electron chi connectivity index (χ1n) is 5.90. The Labute approximate surface area is 93.1 Å². The lowest BCUT2D eigenvalue weighted by Gasteiger charge is -2.42. The quantitative estimate of drug-likeness (QED) is 0.569. The molecule has 0 saturated heterocycles. The number of allylic oxidation sites excluding steroid dienone is 1. The van der Waals surface area contributed by atoms with E-state index in [-0.39, 0.29) is 16.9 Å². The van der Waals surface area contributed by atoms with Crippen LogP contribution in [0.15, 0.2) is 12.2 Å². The zero-order valence-electron chi connectivity index (χ0n) is 10.3. The van der Waals surface area contributed by atoms with Gasteiger partial charge in [0.2, 0.25) is 0 Å². The minimum absolute atomic E-state index is 0.203. The molecule has 1 N–H and O–H groups in total. The monoisotopic (exact) mass is 209 g/mol. The summed E-state index contributed by atoms with van der Waals surface area (Å²) in [5.74, 6) is 0. The van der Waals surface area contributed by atoms with Crippen molar-refractivity contribution >= 4 is 6.29 Å². The van der Waals surface area contributed by atoms with Crippen molar-refractivity contribution in [3.05, 3.63) is 12.2 Å². The molecule has 0 aromatic heterocycles. The van der Waals surface area contributed by atoms with Gasteiger partial charge in [-0.1, -0.05) is 39.8 Å². The number of nitrogens with one attached hydrogen (secondary N) is 1. The third-order valence-electron chi connectivity index (χ3n) is 3.51. The van der Waals surface area contributed by atoms with E-state index in [1.54, 1.807) is 0 Å². The van der Waals surface area contributed by atoms with Gasteiger partial charge < -0.3 is 10.1 Å². The largest absolute Gasteiger partial charge is 0.313 e. The molecule has 0 fully saturated rings. The Balaban J connectivity index is 2.98. The molecule has 0 radical (unpaired) electrons. The van der Waals surface area contributed by atoms with Crippen LogP contribution in [0.25, 0.3) is 0 Å². The highest BCUT2D eigenvalue weighted by Gasteiger charge is 2.40. The zero-order valence-corrected chi connectivity index (χ0v) is 10.3. The number of carbonyl (C=O) groups is 1. The summed E-state index contributed by atoms with van der Waals surface area (Å²) in [5.41, 5.74) is -0.0833. The summed E-state index contributed by atoms with van der Waals surface area (Å²) < 4.78 is 0. The van der Waals surface area contributed by atoms with E-state index >= 15 is 0 Å². The molecular weight excluding hydrogens is 186 g/mol. The Hall–Kier alpha value is -0.630. The molecule has 0 heterocycles. The summed E-state index contributed by atoms with van der Waals surface area (Å²) in [6.07, 6.45) is 7.33. The Kier molecular flexibility index (Phi) is 3.72. The minimum Gasteiger partial charge on any atom is -0.313 e. The molecule has 0 spiro atoms. The maximum atomic E-state index is 11.3. The highest BCUT2D eigenvalue weighted by atomic mass is 16.1. The maximum absolute atomic E-state index is 11.3. The third kappa shape index (κ3) is 2.49. The second-order valence-corrected chi connectivity index (χ2v) is 5.22. The molecule has 0 aromatic rings. The standard InChI is InChI=1S/C13H23NO/c1-5-13(10-15)8-7-12(3,4)9-11(13)14-6-2/h7-8,10-11,14H,5-6,9H2,1-4H3. The fourth-order valence-electron chi connectivity index (χ4n) is 2.36. The van der Waals surface area contributed by atoms with Crippen LogP contribution in [0.1, 0.15) is 40.5 Å². The molecule has 1 aliphatic rings. The van der Waals surface area contributed by atoms with E-state index in [1.165, 1.54) is 0 Å². The molecule has 0 aliphatic heterocycles. The number of hydrogen-bond donors (Lipinski definition) is 1. The van der Waals surface area contributed by atoms with Crippen molar-refractivity contribution in [2.45, 2.75) is 46.6 Å². The second kappa shape index (κ2) is 4.48. The molecule has 0 aromatic carbocycles. The van der Waals surface area contributed by atoms with Gasteiger partial charge in [0.15, 0.2) is 0 Å². The van der Waals surface area contributed by atoms with Crippen LogP contribution in [-0.4, -0.2) is 18.9 Å². The highest BCUT2D eigenvalue weighted by Crippen LogP contribution is 2.40. The minimum atomic E-state index is -0.286. The Morgan fingerprint density at radius 3 is 2.53 bits per heavy atom. The van der Waals surface area contributed by atoms with Gasteiger partial charge in [-0.25, -0.2) is 0 Å². The summed E-state index contributed by atoms with van der Waals surface area (Å²) in [6, 6.07) is 0.282. The van der Waals surface area contributed by atoms with Crippen molar-refractivity contribution in [2.24, 2.45) is 10.8 Å². The molecule has 2 nitrogen and oxygen atoms in total. The summed E-state index contributed by atoms with van der Waals surface area (Å²) in [7, 11) is 0. The Bertz CT molecular complexity index is 257. The van der Waals surface area contributed by atoms with Crippen LogP contribution in [0.3, 0.4) is 0 Å². The fraction of sp³-hybridized carbons (Fsp3) is 0.769. The lowest BCUT2D eigenvalue weighted by Crippen LogP contribution is -2.49. The SMILES string of the molecule is CCNC1CC(C)(C)C=CC1(C=O)CC. The number of aldehydes is 1. The van der Waals surface area contributed by atoms with Gasteiger partial charge in [-0.15, -0.1) is 0 Å². The molecule has 0 amide bonds. The van der Waals surface area contributed by atoms with Crippen molar-refractivity contribution in [1.82, 2.24) is 5.32 Å². The van der Waals surface area contributed by atoms with Crippen molar-refractivity contribution in [3.63, 3.8) is 0 Å². The number of carbonyl (C=O) groups excluding carboxylic acids is 1. The van der Waals surface area contributed by atoms with Crippen LogP contribution in [0.4, 0.5) is 0 Å². The molecule has 2 heteroatoms. The average Bonchev–Trinajstić information content (AvgIpc) is 2.19. The normalized spacial score (nSPS) is 34.0. The molecule has 1 rings (SSSR count). The van der Waals surface area contributed by atoms with Gasteiger partial charge in [-0.2, -0.15) is 0 Å². The maximum Gasteiger partial charge on any atom is 0.131 e. The predicted octanol–water partition coefficient (Wildman–Crippen LogP) is 2.55. The first kappa shape index (κ1) is 12.4. The van der Waals surface area contributed by atoms with Crippen LogP contribution in [0.5, 0.6) is 0 Å². The number of hydrogen-bond acceptors (Lipinski definition) is 2. The molecule has 0 saturated carbocycles. The highest BCUT2D eigenvalue weighted by molar-refractivity contribution is 5.65. The smallest absolute Gasteiger partial charge is 0.131 e. The van der Waals surface area contributed by atoms with E-state index in [0.717, 1.165) is 25.7 Å². The molecule has 0 bridgehead atoms. The van der Waals surface area contributed by atoms with E-state index in [2.05, 4.69) is 45.2 Å². The van der Waals surface area contributed by atoms with Gasteiger partial charge >= 0.3 is 0 Å². The first-order valence-corrected chi connectivity index (χ1v) is 5.90. The lowest BCUT2D eigenvalue weighted by atomic mass is 9.66. The van der Waals surface area contributed by atoms with Gasteiger partial charge in [-0.3, -0.25) is 0 Å². The Morgan fingerprint density at radius 2 is 2.07 bits per heavy atom. The van der Waals surface area contributed by atoms with E-state index in [1.807, 2.05) is 0 Å². The summed E-state index contributed by atoms with van der Waals surface area (Å²) in [6.45, 7) is 9.54. The van der Waals surface area contributed by atoms with Crippen molar-refractivity contribution in [1.29, 1.82) is 0 Å². The van der Waals surface area contributed by atoms with Crippen LogP contribution in [0.2, 0.25) is 0 Å². The van der Waals surface area contributed by atoms with Crippen molar-refractivity contribution in [3.8, 4) is 0 Å². The topological polar surface area (TPSA) is 29.1 Å². The average molecular weight is 209 g/mol. The molecule has 86 valence electrons. The number of rotatable bonds is 4. The van der Waals surface area contributed by atoms with Gasteiger partial charge in [-0.05, 0) is 24.8 Å². The second-order valence-electron chi connectivity index (χ2n) is 5.22. The van der Waals surface area contributed by atoms with E-state index in [0.29, 0.717) is 0 Å². The molecule has 2 unspecified atom stereocenters. The predicted molar refractivity (Wildman–Crippen MR) is 63.8 cm³/mol. The van der Waals surface area contributed by atoms with Crippen LogP contribution in [0, 0.1) is 10.8 Å². The molecule has 2 atom stereocenters. The van der Waals surface area contributed by atoms with Crippen molar-refractivity contribution in [2.75, 3.05) is 6.54 Å². The summed E-state index contributed by atoms with van der Waals surface area (Å²) >= 11 is 0. The van der Waals surface area contributed by atoms with Gasteiger partial charge in [0.05, 0.1) is 5.41 Å². The van der Waals surface area contributed by atoms with Gasteiger partial charge in [0.1, 0.15) is 6.29 Å². The fourth-order valence-corrected chi connectivity index (χ4v) is 2.36. The van der Waals surface area contributed by atoms with Crippen LogP contribution < -0.4 is 5.32 Å². The zero-order chi connectivity index (χ0) is 11.5.